The lowest BCUT2D eigenvalue weighted by molar-refractivity contribution is -0.0107. The summed E-state index contributed by atoms with van der Waals surface area (Å²) in [6.45, 7) is 1.34. The van der Waals surface area contributed by atoms with Gasteiger partial charge in [0.2, 0.25) is 0 Å². The Labute approximate surface area is 175 Å². The van der Waals surface area contributed by atoms with E-state index >= 15 is 0 Å². The van der Waals surface area contributed by atoms with Gasteiger partial charge in [0.15, 0.2) is 0 Å². The Kier molecular flexibility index (Phi) is 4.79. The number of amides is 2. The van der Waals surface area contributed by atoms with Crippen molar-refractivity contribution in [2.45, 2.75) is 31.3 Å². The van der Waals surface area contributed by atoms with Crippen LogP contribution >= 0.6 is 0 Å². The van der Waals surface area contributed by atoms with Gasteiger partial charge in [0, 0.05) is 43.1 Å². The molecule has 0 bridgehead atoms. The smallest absolute Gasteiger partial charge is 0.341 e. The molecule has 1 aromatic heterocycles. The van der Waals surface area contributed by atoms with Crippen molar-refractivity contribution in [3.63, 3.8) is 0 Å². The van der Waals surface area contributed by atoms with Crippen molar-refractivity contribution >= 4 is 16.8 Å². The molecular weight excluding hydrogens is 378 g/mol. The number of urea groups is 1. The molecule has 2 amide bonds. The molecule has 2 aliphatic heterocycles. The number of piperidine rings is 1. The lowest BCUT2D eigenvalue weighted by Gasteiger charge is -2.44. The molecule has 1 spiro atoms. The van der Waals surface area contributed by atoms with E-state index in [-0.39, 0.29) is 11.6 Å². The first kappa shape index (κ1) is 18.9. The fourth-order valence-electron chi connectivity index (χ4n) is 4.54. The number of hydroxylamine groups is 1. The maximum atomic E-state index is 12.0. The molecule has 1 fully saturated rings. The fraction of sp³-hybridized carbons (Fsp3) is 0.333. The van der Waals surface area contributed by atoms with Crippen LogP contribution in [-0.4, -0.2) is 41.7 Å². The van der Waals surface area contributed by atoms with Gasteiger partial charge in [0.05, 0.1) is 12.8 Å². The summed E-state index contributed by atoms with van der Waals surface area (Å²) < 4.78 is 6.50. The molecule has 30 heavy (non-hydrogen) atoms. The minimum Gasteiger partial charge on any atom is -0.487 e. The Hall–Kier alpha value is -3.12. The largest absolute Gasteiger partial charge is 0.487 e. The number of ether oxygens (including phenoxy) is 1. The first-order valence-electron chi connectivity index (χ1n) is 10.4. The lowest BCUT2D eigenvalue weighted by Crippen LogP contribution is -2.53. The minimum atomic E-state index is -0.184. The van der Waals surface area contributed by atoms with Gasteiger partial charge in [-0.3, -0.25) is 9.82 Å². The number of nitrogens with zero attached hydrogens (tertiary/aromatic N) is 2. The number of carbonyl (C=O) groups excluding carboxylic acids is 1. The zero-order valence-electron chi connectivity index (χ0n) is 17.1. The Bertz CT molecular complexity index is 1090. The van der Waals surface area contributed by atoms with Crippen molar-refractivity contribution in [2.24, 2.45) is 0 Å². The van der Waals surface area contributed by atoms with Gasteiger partial charge < -0.3 is 9.64 Å². The van der Waals surface area contributed by atoms with Gasteiger partial charge in [0.1, 0.15) is 11.4 Å². The molecule has 3 aromatic rings. The Morgan fingerprint density at radius 1 is 1.10 bits per heavy atom. The number of aryl methyl sites for hydroxylation is 1. The van der Waals surface area contributed by atoms with Gasteiger partial charge in [-0.05, 0) is 48.1 Å². The molecule has 5 rings (SSSR count). The monoisotopic (exact) mass is 403 g/mol. The number of aromatic nitrogens is 1. The first-order valence-corrected chi connectivity index (χ1v) is 10.4. The first-order chi connectivity index (χ1) is 14.7. The van der Waals surface area contributed by atoms with Crippen LogP contribution < -0.4 is 10.2 Å². The average molecular weight is 403 g/mol. The third kappa shape index (κ3) is 3.48. The number of pyridine rings is 1. The molecule has 0 radical (unpaired) electrons. The standard InChI is InChI=1S/C24H25N3O3/c1-29-26-23(28)27-12-10-24(11-13-27)9-8-19-14-18(6-7-22(19)30-24)21-15-17-4-2-3-5-20(17)16-25-21/h2-7,14-16H,8-13H2,1H3,(H,26,28). The number of hydrogen-bond donors (Lipinski definition) is 1. The van der Waals surface area contributed by atoms with Gasteiger partial charge in [-0.1, -0.05) is 24.3 Å². The number of likely N-dealkylation sites (tertiary alicyclic amines) is 1. The highest BCUT2D eigenvalue weighted by Gasteiger charge is 2.40. The molecule has 3 heterocycles. The molecule has 6 heteroatoms. The summed E-state index contributed by atoms with van der Waals surface area (Å²) >= 11 is 0. The van der Waals surface area contributed by atoms with Crippen LogP contribution in [0.2, 0.25) is 0 Å². The number of rotatable bonds is 2. The zero-order chi connectivity index (χ0) is 20.6. The maximum Gasteiger partial charge on any atom is 0.341 e. The van der Waals surface area contributed by atoms with Crippen LogP contribution in [0, 0.1) is 0 Å². The van der Waals surface area contributed by atoms with Crippen molar-refractivity contribution in [2.75, 3.05) is 20.2 Å². The molecule has 1 N–H and O–H groups in total. The molecule has 2 aliphatic rings. The lowest BCUT2D eigenvalue weighted by atomic mass is 9.83. The molecule has 2 aromatic carbocycles. The van der Waals surface area contributed by atoms with Gasteiger partial charge in [-0.15, -0.1) is 0 Å². The Balaban J connectivity index is 1.33. The van der Waals surface area contributed by atoms with E-state index in [4.69, 9.17) is 9.57 Å². The second-order valence-corrected chi connectivity index (χ2v) is 8.12. The number of carbonyl (C=O) groups is 1. The van der Waals surface area contributed by atoms with Crippen LogP contribution in [0.5, 0.6) is 5.75 Å². The summed E-state index contributed by atoms with van der Waals surface area (Å²) in [5.74, 6) is 0.959. The summed E-state index contributed by atoms with van der Waals surface area (Å²) in [5, 5.41) is 2.34. The predicted octanol–water partition coefficient (Wildman–Crippen LogP) is 4.33. The third-order valence-electron chi connectivity index (χ3n) is 6.31. The minimum absolute atomic E-state index is 0.181. The topological polar surface area (TPSA) is 63.7 Å². The van der Waals surface area contributed by atoms with Crippen LogP contribution in [0.3, 0.4) is 0 Å². The van der Waals surface area contributed by atoms with E-state index in [0.717, 1.165) is 48.1 Å². The summed E-state index contributed by atoms with van der Waals surface area (Å²) in [6.07, 6.45) is 5.54. The van der Waals surface area contributed by atoms with Crippen molar-refractivity contribution in [1.29, 1.82) is 0 Å². The van der Waals surface area contributed by atoms with Gasteiger partial charge in [-0.25, -0.2) is 10.3 Å². The van der Waals surface area contributed by atoms with Crippen molar-refractivity contribution in [3.05, 3.63) is 60.3 Å². The van der Waals surface area contributed by atoms with Crippen LogP contribution in [0.1, 0.15) is 24.8 Å². The fourth-order valence-corrected chi connectivity index (χ4v) is 4.54. The maximum absolute atomic E-state index is 12.0. The summed E-state index contributed by atoms with van der Waals surface area (Å²) in [6, 6.07) is 16.6. The molecule has 0 atom stereocenters. The SMILES string of the molecule is CONC(=O)N1CCC2(CCc3cc(-c4cc5ccccc5cn4)ccc3O2)CC1. The van der Waals surface area contributed by atoms with Gasteiger partial charge in [0.25, 0.3) is 0 Å². The van der Waals surface area contributed by atoms with E-state index in [1.807, 2.05) is 12.3 Å². The van der Waals surface area contributed by atoms with Crippen LogP contribution in [-0.2, 0) is 11.3 Å². The third-order valence-corrected chi connectivity index (χ3v) is 6.31. The number of fused-ring (bicyclic) bond motifs is 2. The Morgan fingerprint density at radius 3 is 2.70 bits per heavy atom. The summed E-state index contributed by atoms with van der Waals surface area (Å²) in [4.78, 5) is 23.1. The van der Waals surface area contributed by atoms with E-state index in [2.05, 4.69) is 52.9 Å². The highest BCUT2D eigenvalue weighted by molar-refractivity contribution is 5.85. The Morgan fingerprint density at radius 2 is 1.90 bits per heavy atom. The van der Waals surface area contributed by atoms with E-state index in [0.29, 0.717) is 13.1 Å². The second kappa shape index (κ2) is 7.61. The van der Waals surface area contributed by atoms with E-state index in [1.165, 1.54) is 18.1 Å². The van der Waals surface area contributed by atoms with Crippen LogP contribution in [0.25, 0.3) is 22.0 Å². The highest BCUT2D eigenvalue weighted by atomic mass is 16.6. The zero-order valence-corrected chi connectivity index (χ0v) is 17.1. The van der Waals surface area contributed by atoms with E-state index in [9.17, 15) is 4.79 Å². The molecule has 154 valence electrons. The van der Waals surface area contributed by atoms with Crippen molar-refractivity contribution < 1.29 is 14.4 Å². The molecule has 0 saturated carbocycles. The number of hydrogen-bond acceptors (Lipinski definition) is 4. The molecule has 0 aliphatic carbocycles. The molecule has 0 unspecified atom stereocenters. The highest BCUT2D eigenvalue weighted by Crippen LogP contribution is 2.40. The average Bonchev–Trinajstić information content (AvgIpc) is 2.79. The van der Waals surface area contributed by atoms with Crippen LogP contribution in [0.15, 0.2) is 54.7 Å². The van der Waals surface area contributed by atoms with Gasteiger partial charge in [-0.2, -0.15) is 0 Å². The van der Waals surface area contributed by atoms with E-state index in [1.54, 1.807) is 4.90 Å². The predicted molar refractivity (Wildman–Crippen MR) is 115 cm³/mol. The van der Waals surface area contributed by atoms with Gasteiger partial charge >= 0.3 is 6.03 Å². The second-order valence-electron chi connectivity index (χ2n) is 8.12. The summed E-state index contributed by atoms with van der Waals surface area (Å²) in [7, 11) is 1.45. The number of nitrogens with one attached hydrogen (secondary N) is 1. The van der Waals surface area contributed by atoms with Crippen molar-refractivity contribution in [3.8, 4) is 17.0 Å². The molecule has 6 nitrogen and oxygen atoms in total. The molecule has 1 saturated heterocycles. The van der Waals surface area contributed by atoms with Crippen LogP contribution in [0.4, 0.5) is 4.79 Å². The van der Waals surface area contributed by atoms with E-state index < -0.39 is 0 Å². The molecular formula is C24H25N3O3. The summed E-state index contributed by atoms with van der Waals surface area (Å²) in [5.41, 5.74) is 5.54. The number of benzene rings is 2. The van der Waals surface area contributed by atoms with Crippen molar-refractivity contribution in [1.82, 2.24) is 15.4 Å². The quantitative estimate of drug-likeness (QED) is 0.647. The normalized spacial score (nSPS) is 17.4.